The molecule has 0 aliphatic carbocycles. The molecule has 0 radical (unpaired) electrons. The van der Waals surface area contributed by atoms with Gasteiger partial charge in [-0.2, -0.15) is 8.78 Å². The first kappa shape index (κ1) is 34.3. The predicted molar refractivity (Wildman–Crippen MR) is 171 cm³/mol. The second-order valence-electron chi connectivity index (χ2n) is 11.2. The van der Waals surface area contributed by atoms with Gasteiger partial charge in [-0.25, -0.2) is 4.79 Å². The number of carbonyl (C=O) groups is 1. The molecule has 0 bridgehead atoms. The molecule has 248 valence electrons. The third kappa shape index (κ3) is 9.53. The Morgan fingerprint density at radius 3 is 1.47 bits per heavy atom. The number of hydrogen-bond donors (Lipinski definition) is 0. The molecule has 4 aromatic carbocycles. The fourth-order valence-electron chi connectivity index (χ4n) is 5.42. The molecule has 0 N–H and O–H groups in total. The summed E-state index contributed by atoms with van der Waals surface area (Å²) in [5.41, 5.74) is 3.36. The van der Waals surface area contributed by atoms with E-state index in [9.17, 15) is 4.79 Å². The van der Waals surface area contributed by atoms with Crippen LogP contribution in [0.3, 0.4) is 0 Å². The van der Waals surface area contributed by atoms with Crippen LogP contribution in [-0.4, -0.2) is 55.6 Å². The van der Waals surface area contributed by atoms with Crippen molar-refractivity contribution in [2.45, 2.75) is 69.8 Å². The van der Waals surface area contributed by atoms with E-state index in [-0.39, 0.29) is 39.6 Å². The Morgan fingerprint density at radius 2 is 1.02 bits per heavy atom. The molecule has 1 aliphatic heterocycles. The number of carbonyl (C=O) groups excluding carboxylic acids is 1. The summed E-state index contributed by atoms with van der Waals surface area (Å²) in [6.07, 6.45) is -6.54. The lowest BCUT2D eigenvalue weighted by Gasteiger charge is -2.47. The van der Waals surface area contributed by atoms with Crippen LogP contribution in [0.25, 0.3) is 0 Å². The molecule has 0 amide bonds. The van der Waals surface area contributed by atoms with Gasteiger partial charge in [0.2, 0.25) is 0 Å². The van der Waals surface area contributed by atoms with Gasteiger partial charge >= 0.3 is 11.9 Å². The monoisotopic (exact) mass is 646 g/mol. The predicted octanol–water partition coefficient (Wildman–Crippen LogP) is 6.93. The molecular weight excluding hydrogens is 606 g/mol. The molecule has 0 aromatic heterocycles. The van der Waals surface area contributed by atoms with Gasteiger partial charge in [0.25, 0.3) is 0 Å². The average Bonchev–Trinajstić information content (AvgIpc) is 3.11. The van der Waals surface area contributed by atoms with Gasteiger partial charge < -0.3 is 28.4 Å². The van der Waals surface area contributed by atoms with Crippen LogP contribution >= 0.6 is 0 Å². The molecule has 1 heterocycles. The van der Waals surface area contributed by atoms with E-state index in [0.717, 1.165) is 22.3 Å². The maximum atomic E-state index is 16.1. The highest BCUT2D eigenvalue weighted by Gasteiger charge is 2.61. The van der Waals surface area contributed by atoms with Crippen molar-refractivity contribution >= 4 is 5.97 Å². The summed E-state index contributed by atoms with van der Waals surface area (Å²) in [6, 6.07) is 37.5. The first-order chi connectivity index (χ1) is 23.0. The Bertz CT molecular complexity index is 1480. The zero-order valence-corrected chi connectivity index (χ0v) is 26.3. The van der Waals surface area contributed by atoms with Gasteiger partial charge in [0.15, 0.2) is 6.10 Å². The van der Waals surface area contributed by atoms with Crippen molar-refractivity contribution in [3.63, 3.8) is 0 Å². The smallest absolute Gasteiger partial charge is 0.379 e. The molecule has 1 aliphatic rings. The van der Waals surface area contributed by atoms with Gasteiger partial charge in [-0.1, -0.05) is 121 Å². The summed E-state index contributed by atoms with van der Waals surface area (Å²) >= 11 is 0. The molecule has 0 unspecified atom stereocenters. The Hall–Kier alpha value is -3.99. The van der Waals surface area contributed by atoms with Crippen molar-refractivity contribution in [3.05, 3.63) is 144 Å². The number of esters is 1. The van der Waals surface area contributed by atoms with Gasteiger partial charge in [0, 0.05) is 0 Å². The molecule has 0 saturated carbocycles. The SMILES string of the molecule is CCOC(=O)C(F)(F)[C@@H]1O[C@H](COCc2ccccc2)[C@@H](OCc2ccccc2)[C@@H](OCc2ccccc2)[C@@H]1OCc1ccccc1. The zero-order chi connectivity index (χ0) is 32.9. The van der Waals surface area contributed by atoms with Crippen molar-refractivity contribution in [1.29, 1.82) is 0 Å². The van der Waals surface area contributed by atoms with Gasteiger partial charge in [0.05, 0.1) is 39.6 Å². The maximum Gasteiger partial charge on any atom is 0.379 e. The van der Waals surface area contributed by atoms with Crippen LogP contribution in [0, 0.1) is 0 Å². The van der Waals surface area contributed by atoms with E-state index in [1.165, 1.54) is 6.92 Å². The number of alkyl halides is 2. The lowest BCUT2D eigenvalue weighted by molar-refractivity contribution is -0.307. The highest BCUT2D eigenvalue weighted by atomic mass is 19.3. The fourth-order valence-corrected chi connectivity index (χ4v) is 5.42. The Morgan fingerprint density at radius 1 is 0.617 bits per heavy atom. The molecule has 4 aromatic rings. The standard InChI is InChI=1S/C38H40F2O7/c1-2-43-37(41)38(39,40)36-35(46-26-31-21-13-6-14-22-31)34(45-25-30-19-11-5-12-20-30)33(44-24-29-17-9-4-10-18-29)32(47-36)27-42-23-28-15-7-3-8-16-28/h3-22,32-36H,2,23-27H2,1H3/t32-,33-,34-,35+,36-/m1/s1. The molecule has 7 nitrogen and oxygen atoms in total. The van der Waals surface area contributed by atoms with Crippen molar-refractivity contribution in [1.82, 2.24) is 0 Å². The summed E-state index contributed by atoms with van der Waals surface area (Å²) in [5, 5.41) is 0. The molecule has 1 saturated heterocycles. The lowest BCUT2D eigenvalue weighted by atomic mass is 9.90. The topological polar surface area (TPSA) is 72.5 Å². The van der Waals surface area contributed by atoms with Crippen molar-refractivity contribution < 1.29 is 42.0 Å². The molecule has 1 fully saturated rings. The quantitative estimate of drug-likeness (QED) is 0.122. The van der Waals surface area contributed by atoms with Crippen LogP contribution in [0.5, 0.6) is 0 Å². The Labute approximate surface area is 274 Å². The second-order valence-corrected chi connectivity index (χ2v) is 11.2. The highest BCUT2D eigenvalue weighted by molar-refractivity contribution is 5.78. The first-order valence-electron chi connectivity index (χ1n) is 15.7. The molecular formula is C38H40F2O7. The first-order valence-corrected chi connectivity index (χ1v) is 15.7. The Kier molecular flexibility index (Phi) is 12.6. The van der Waals surface area contributed by atoms with Crippen LogP contribution in [-0.2, 0) is 59.6 Å². The van der Waals surface area contributed by atoms with E-state index in [0.29, 0.717) is 0 Å². The van der Waals surface area contributed by atoms with E-state index in [2.05, 4.69) is 0 Å². The Balaban J connectivity index is 1.50. The third-order valence-corrected chi connectivity index (χ3v) is 7.79. The second kappa shape index (κ2) is 17.2. The van der Waals surface area contributed by atoms with Crippen molar-refractivity contribution in [3.8, 4) is 0 Å². The summed E-state index contributed by atoms with van der Waals surface area (Å²) in [4.78, 5) is 12.8. The van der Waals surface area contributed by atoms with Crippen LogP contribution in [0.1, 0.15) is 29.2 Å². The van der Waals surface area contributed by atoms with E-state index in [4.69, 9.17) is 28.4 Å². The number of hydrogen-bond acceptors (Lipinski definition) is 7. The highest BCUT2D eigenvalue weighted by Crippen LogP contribution is 2.38. The van der Waals surface area contributed by atoms with Gasteiger partial charge in [-0.05, 0) is 29.2 Å². The number of halogens is 2. The average molecular weight is 647 g/mol. The van der Waals surface area contributed by atoms with Crippen LogP contribution in [0.4, 0.5) is 8.78 Å². The minimum Gasteiger partial charge on any atom is -0.461 e. The number of ether oxygens (including phenoxy) is 6. The maximum absolute atomic E-state index is 16.1. The molecule has 5 atom stereocenters. The van der Waals surface area contributed by atoms with E-state index in [1.54, 1.807) is 0 Å². The van der Waals surface area contributed by atoms with Crippen molar-refractivity contribution in [2.75, 3.05) is 13.2 Å². The van der Waals surface area contributed by atoms with E-state index < -0.39 is 42.4 Å². The molecule has 47 heavy (non-hydrogen) atoms. The largest absolute Gasteiger partial charge is 0.461 e. The van der Waals surface area contributed by atoms with Crippen molar-refractivity contribution in [2.24, 2.45) is 0 Å². The van der Waals surface area contributed by atoms with E-state index in [1.807, 2.05) is 121 Å². The van der Waals surface area contributed by atoms with E-state index >= 15 is 8.78 Å². The summed E-state index contributed by atoms with van der Waals surface area (Å²) in [6.45, 7) is 1.55. The third-order valence-electron chi connectivity index (χ3n) is 7.79. The zero-order valence-electron chi connectivity index (χ0n) is 26.3. The van der Waals surface area contributed by atoms with Crippen LogP contribution in [0.2, 0.25) is 0 Å². The van der Waals surface area contributed by atoms with Gasteiger partial charge in [-0.3, -0.25) is 0 Å². The summed E-state index contributed by atoms with van der Waals surface area (Å²) in [5.74, 6) is -5.78. The molecule has 9 heteroatoms. The number of rotatable bonds is 16. The molecule has 5 rings (SSSR count). The summed E-state index contributed by atoms with van der Waals surface area (Å²) < 4.78 is 68.4. The van der Waals surface area contributed by atoms with Crippen LogP contribution in [0.15, 0.2) is 121 Å². The normalized spacial score (nSPS) is 21.3. The van der Waals surface area contributed by atoms with Gasteiger partial charge in [0.1, 0.15) is 24.4 Å². The fraction of sp³-hybridized carbons (Fsp3) is 0.342. The van der Waals surface area contributed by atoms with Gasteiger partial charge in [-0.15, -0.1) is 0 Å². The van der Waals surface area contributed by atoms with Crippen LogP contribution < -0.4 is 0 Å². The number of benzene rings is 4. The minimum absolute atomic E-state index is 0.0317. The minimum atomic E-state index is -4.08. The molecule has 0 spiro atoms. The summed E-state index contributed by atoms with van der Waals surface area (Å²) in [7, 11) is 0. The lowest BCUT2D eigenvalue weighted by Crippen LogP contribution is -2.66.